The number of carbonyl (C=O) groups excluding carboxylic acids is 1. The van der Waals surface area contributed by atoms with Gasteiger partial charge in [0.2, 0.25) is 5.91 Å². The van der Waals surface area contributed by atoms with Gasteiger partial charge in [0.1, 0.15) is 6.04 Å². The number of rotatable bonds is 4. The van der Waals surface area contributed by atoms with Crippen molar-refractivity contribution in [3.05, 3.63) is 29.3 Å². The molecule has 5 heteroatoms. The fourth-order valence-electron chi connectivity index (χ4n) is 2.25. The highest BCUT2D eigenvalue weighted by Gasteiger charge is 2.29. The van der Waals surface area contributed by atoms with Gasteiger partial charge in [0, 0.05) is 23.8 Å². The van der Waals surface area contributed by atoms with Crippen molar-refractivity contribution in [2.24, 2.45) is 0 Å². The van der Waals surface area contributed by atoms with Crippen molar-refractivity contribution < 1.29 is 4.79 Å². The molecule has 2 rings (SSSR count). The first kappa shape index (κ1) is 13.2. The molecule has 0 bridgehead atoms. The summed E-state index contributed by atoms with van der Waals surface area (Å²) in [5.41, 5.74) is 1.01. The van der Waals surface area contributed by atoms with Crippen molar-refractivity contribution in [1.29, 1.82) is 0 Å². The van der Waals surface area contributed by atoms with Crippen molar-refractivity contribution in [2.75, 3.05) is 31.6 Å². The van der Waals surface area contributed by atoms with Crippen molar-refractivity contribution in [3.63, 3.8) is 0 Å². The van der Waals surface area contributed by atoms with Crippen LogP contribution in [-0.4, -0.2) is 38.6 Å². The maximum atomic E-state index is 12.0. The highest BCUT2D eigenvalue weighted by atomic mass is 35.5. The van der Waals surface area contributed by atoms with Crippen molar-refractivity contribution >= 4 is 23.2 Å². The summed E-state index contributed by atoms with van der Waals surface area (Å²) in [5.74, 6) is 0.0940. The first-order valence-electron chi connectivity index (χ1n) is 6.17. The standard InChI is InChI=1S/C13H18ClN3O/c1-15-6-5-12-13(18)16-7-8-17(12)11-4-2-3-10(14)9-11/h2-4,9,12,15H,5-8H2,1H3,(H,16,18). The fourth-order valence-corrected chi connectivity index (χ4v) is 2.43. The Morgan fingerprint density at radius 3 is 3.11 bits per heavy atom. The molecule has 4 nitrogen and oxygen atoms in total. The van der Waals surface area contributed by atoms with E-state index in [-0.39, 0.29) is 11.9 Å². The van der Waals surface area contributed by atoms with Gasteiger partial charge in [-0.15, -0.1) is 0 Å². The first-order chi connectivity index (χ1) is 8.72. The Morgan fingerprint density at radius 1 is 1.56 bits per heavy atom. The maximum Gasteiger partial charge on any atom is 0.242 e. The highest BCUT2D eigenvalue weighted by Crippen LogP contribution is 2.23. The molecule has 1 aliphatic heterocycles. The number of nitrogens with zero attached hydrogens (tertiary/aromatic N) is 1. The Kier molecular flexibility index (Phi) is 4.44. The van der Waals surface area contributed by atoms with Crippen LogP contribution in [0.5, 0.6) is 0 Å². The summed E-state index contributed by atoms with van der Waals surface area (Å²) in [6, 6.07) is 7.55. The minimum absolute atomic E-state index is 0.0940. The Balaban J connectivity index is 2.19. The van der Waals surface area contributed by atoms with E-state index in [1.807, 2.05) is 31.3 Å². The molecule has 2 N–H and O–H groups in total. The number of hydrogen-bond acceptors (Lipinski definition) is 3. The van der Waals surface area contributed by atoms with Crippen LogP contribution in [0.1, 0.15) is 6.42 Å². The summed E-state index contributed by atoms with van der Waals surface area (Å²) in [6.45, 7) is 2.32. The molecular weight excluding hydrogens is 250 g/mol. The minimum atomic E-state index is -0.121. The number of halogens is 1. The quantitative estimate of drug-likeness (QED) is 0.863. The molecule has 1 amide bonds. The van der Waals surface area contributed by atoms with Crippen LogP contribution < -0.4 is 15.5 Å². The number of piperazine rings is 1. The molecule has 0 radical (unpaired) electrons. The molecule has 1 unspecified atom stereocenters. The number of hydrogen-bond donors (Lipinski definition) is 2. The normalized spacial score (nSPS) is 19.8. The van der Waals surface area contributed by atoms with Crippen molar-refractivity contribution in [2.45, 2.75) is 12.5 Å². The molecule has 1 aromatic rings. The number of benzene rings is 1. The summed E-state index contributed by atoms with van der Waals surface area (Å²) in [4.78, 5) is 14.1. The number of amides is 1. The summed E-state index contributed by atoms with van der Waals surface area (Å²) in [5, 5.41) is 6.70. The van der Waals surface area contributed by atoms with E-state index in [1.54, 1.807) is 0 Å². The topological polar surface area (TPSA) is 44.4 Å². The smallest absolute Gasteiger partial charge is 0.242 e. The van der Waals surface area contributed by atoms with Gasteiger partial charge >= 0.3 is 0 Å². The van der Waals surface area contributed by atoms with Crippen LogP contribution in [-0.2, 0) is 4.79 Å². The molecule has 0 saturated carbocycles. The summed E-state index contributed by atoms with van der Waals surface area (Å²) in [6.07, 6.45) is 0.787. The van der Waals surface area contributed by atoms with Crippen LogP contribution >= 0.6 is 11.6 Å². The molecule has 98 valence electrons. The van der Waals surface area contributed by atoms with Gasteiger partial charge < -0.3 is 15.5 Å². The average Bonchev–Trinajstić information content (AvgIpc) is 2.37. The van der Waals surface area contributed by atoms with Gasteiger partial charge in [-0.05, 0) is 38.2 Å². The van der Waals surface area contributed by atoms with Gasteiger partial charge in [-0.1, -0.05) is 17.7 Å². The average molecular weight is 268 g/mol. The second kappa shape index (κ2) is 6.07. The lowest BCUT2D eigenvalue weighted by Gasteiger charge is -2.37. The number of nitrogens with one attached hydrogen (secondary N) is 2. The molecule has 0 aliphatic carbocycles. The van der Waals surface area contributed by atoms with E-state index in [0.717, 1.165) is 25.2 Å². The largest absolute Gasteiger partial charge is 0.358 e. The summed E-state index contributed by atoms with van der Waals surface area (Å²) < 4.78 is 0. The molecular formula is C13H18ClN3O. The fraction of sp³-hybridized carbons (Fsp3) is 0.462. The molecule has 0 spiro atoms. The predicted octanol–water partition coefficient (Wildman–Crippen LogP) is 1.25. The molecule has 0 aromatic heterocycles. The lowest BCUT2D eigenvalue weighted by Crippen LogP contribution is -2.56. The van der Waals surface area contributed by atoms with E-state index in [9.17, 15) is 4.79 Å². The van der Waals surface area contributed by atoms with Crippen LogP contribution in [0, 0.1) is 0 Å². The van der Waals surface area contributed by atoms with Crippen LogP contribution in [0.4, 0.5) is 5.69 Å². The van der Waals surface area contributed by atoms with E-state index in [1.165, 1.54) is 0 Å². The third-order valence-corrected chi connectivity index (χ3v) is 3.37. The highest BCUT2D eigenvalue weighted by molar-refractivity contribution is 6.30. The van der Waals surface area contributed by atoms with E-state index in [2.05, 4.69) is 15.5 Å². The minimum Gasteiger partial charge on any atom is -0.358 e. The van der Waals surface area contributed by atoms with E-state index >= 15 is 0 Å². The summed E-state index contributed by atoms with van der Waals surface area (Å²) in [7, 11) is 1.89. The van der Waals surface area contributed by atoms with Crippen LogP contribution in [0.3, 0.4) is 0 Å². The predicted molar refractivity (Wildman–Crippen MR) is 74.1 cm³/mol. The lowest BCUT2D eigenvalue weighted by molar-refractivity contribution is -0.123. The number of anilines is 1. The van der Waals surface area contributed by atoms with Gasteiger partial charge in [-0.25, -0.2) is 0 Å². The molecule has 1 aromatic carbocycles. The third-order valence-electron chi connectivity index (χ3n) is 3.14. The van der Waals surface area contributed by atoms with Crippen molar-refractivity contribution in [3.8, 4) is 0 Å². The lowest BCUT2D eigenvalue weighted by atomic mass is 10.1. The Morgan fingerprint density at radius 2 is 2.39 bits per heavy atom. The van der Waals surface area contributed by atoms with Gasteiger partial charge in [-0.2, -0.15) is 0 Å². The van der Waals surface area contributed by atoms with Gasteiger partial charge in [-0.3, -0.25) is 4.79 Å². The van der Waals surface area contributed by atoms with E-state index < -0.39 is 0 Å². The molecule has 1 heterocycles. The molecule has 1 atom stereocenters. The van der Waals surface area contributed by atoms with Gasteiger partial charge in [0.05, 0.1) is 0 Å². The Hall–Kier alpha value is -1.26. The third kappa shape index (κ3) is 2.94. The zero-order valence-electron chi connectivity index (χ0n) is 10.4. The van der Waals surface area contributed by atoms with E-state index in [0.29, 0.717) is 11.6 Å². The van der Waals surface area contributed by atoms with Gasteiger partial charge in [0.25, 0.3) is 0 Å². The molecule has 1 fully saturated rings. The Labute approximate surface area is 112 Å². The monoisotopic (exact) mass is 267 g/mol. The zero-order chi connectivity index (χ0) is 13.0. The second-order valence-electron chi connectivity index (χ2n) is 4.37. The summed E-state index contributed by atoms with van der Waals surface area (Å²) >= 11 is 6.01. The molecule has 18 heavy (non-hydrogen) atoms. The van der Waals surface area contributed by atoms with Crippen LogP contribution in [0.15, 0.2) is 24.3 Å². The number of carbonyl (C=O) groups is 1. The first-order valence-corrected chi connectivity index (χ1v) is 6.54. The zero-order valence-corrected chi connectivity index (χ0v) is 11.2. The SMILES string of the molecule is CNCCC1C(=O)NCCN1c1cccc(Cl)c1. The molecule has 1 aliphatic rings. The van der Waals surface area contributed by atoms with Gasteiger partial charge in [0.15, 0.2) is 0 Å². The van der Waals surface area contributed by atoms with Crippen LogP contribution in [0.2, 0.25) is 5.02 Å². The molecule has 1 saturated heterocycles. The maximum absolute atomic E-state index is 12.0. The van der Waals surface area contributed by atoms with E-state index in [4.69, 9.17) is 11.6 Å². The Bertz CT molecular complexity index is 424. The second-order valence-corrected chi connectivity index (χ2v) is 4.81. The van der Waals surface area contributed by atoms with Crippen LogP contribution in [0.25, 0.3) is 0 Å². The van der Waals surface area contributed by atoms with Crippen molar-refractivity contribution in [1.82, 2.24) is 10.6 Å².